The largest absolute Gasteiger partial charge is 0.348 e. The lowest BCUT2D eigenvalue weighted by Crippen LogP contribution is -2.42. The molecule has 0 radical (unpaired) electrons. The molecule has 4 rings (SSSR count). The monoisotopic (exact) mass is 365 g/mol. The van der Waals surface area contributed by atoms with Crippen molar-refractivity contribution in [1.82, 2.24) is 15.3 Å². The van der Waals surface area contributed by atoms with Gasteiger partial charge in [-0.15, -0.1) is 11.3 Å². The van der Waals surface area contributed by atoms with Crippen LogP contribution in [0.5, 0.6) is 0 Å². The highest BCUT2D eigenvalue weighted by Crippen LogP contribution is 2.42. The summed E-state index contributed by atoms with van der Waals surface area (Å²) in [4.78, 5) is 22.3. The number of amides is 1. The smallest absolute Gasteiger partial charge is 0.227 e. The van der Waals surface area contributed by atoms with Crippen LogP contribution in [0.15, 0.2) is 48.7 Å². The fourth-order valence-corrected chi connectivity index (χ4v) is 4.99. The highest BCUT2D eigenvalue weighted by Gasteiger charge is 2.42. The van der Waals surface area contributed by atoms with Gasteiger partial charge in [-0.2, -0.15) is 0 Å². The lowest BCUT2D eigenvalue weighted by molar-refractivity contribution is -0.131. The van der Waals surface area contributed by atoms with E-state index in [1.54, 1.807) is 17.5 Å². The topological polar surface area (TPSA) is 54.9 Å². The number of rotatable bonds is 5. The van der Waals surface area contributed by atoms with Crippen molar-refractivity contribution in [3.8, 4) is 0 Å². The van der Waals surface area contributed by atoms with Crippen LogP contribution in [0.4, 0.5) is 0 Å². The maximum Gasteiger partial charge on any atom is 0.227 e. The van der Waals surface area contributed by atoms with Gasteiger partial charge in [0.15, 0.2) is 0 Å². The number of nitrogens with one attached hydrogen (secondary N) is 1. The summed E-state index contributed by atoms with van der Waals surface area (Å²) in [7, 11) is 0. The molecule has 2 heterocycles. The van der Waals surface area contributed by atoms with E-state index in [0.29, 0.717) is 0 Å². The van der Waals surface area contributed by atoms with E-state index in [2.05, 4.69) is 16.4 Å². The molecule has 0 saturated heterocycles. The van der Waals surface area contributed by atoms with E-state index in [0.717, 1.165) is 48.3 Å². The highest BCUT2D eigenvalue weighted by atomic mass is 32.1. The Hall–Kier alpha value is -2.27. The molecule has 0 spiro atoms. The summed E-state index contributed by atoms with van der Waals surface area (Å²) in [5.41, 5.74) is 1.59. The van der Waals surface area contributed by atoms with E-state index >= 15 is 0 Å². The van der Waals surface area contributed by atoms with Gasteiger partial charge in [-0.1, -0.05) is 31.0 Å². The Balaban J connectivity index is 1.54. The Morgan fingerprint density at radius 3 is 2.69 bits per heavy atom. The predicted molar refractivity (Wildman–Crippen MR) is 105 cm³/mol. The van der Waals surface area contributed by atoms with E-state index in [4.69, 9.17) is 4.98 Å². The molecule has 3 aromatic rings. The molecule has 134 valence electrons. The minimum absolute atomic E-state index is 0.0865. The lowest BCUT2D eigenvalue weighted by atomic mass is 9.81. The number of hydrogen-bond acceptors (Lipinski definition) is 4. The normalized spacial score (nSPS) is 17.3. The second-order valence-electron chi connectivity index (χ2n) is 7.19. The molecule has 1 fully saturated rings. The number of hydrogen-bond donors (Lipinski definition) is 1. The molecule has 4 nitrogen and oxygen atoms in total. The first-order valence-electron chi connectivity index (χ1n) is 9.23. The SMILES string of the molecule is CC(NC(=O)C1(Cc2nc3ccccc3s2)CCCC1)c1ccccn1. The number of fused-ring (bicyclic) bond motifs is 1. The summed E-state index contributed by atoms with van der Waals surface area (Å²) in [6.07, 6.45) is 6.58. The van der Waals surface area contributed by atoms with Crippen LogP contribution in [-0.2, 0) is 11.2 Å². The number of benzene rings is 1. The molecule has 26 heavy (non-hydrogen) atoms. The highest BCUT2D eigenvalue weighted by molar-refractivity contribution is 7.18. The van der Waals surface area contributed by atoms with E-state index in [-0.39, 0.29) is 17.4 Å². The Kier molecular flexibility index (Phi) is 4.72. The van der Waals surface area contributed by atoms with Crippen LogP contribution in [0.1, 0.15) is 49.4 Å². The van der Waals surface area contributed by atoms with Gasteiger partial charge in [-0.3, -0.25) is 9.78 Å². The Labute approximate surface area is 157 Å². The van der Waals surface area contributed by atoms with Gasteiger partial charge in [-0.25, -0.2) is 4.98 Å². The molecule has 1 aromatic carbocycles. The summed E-state index contributed by atoms with van der Waals surface area (Å²) in [6.45, 7) is 2.00. The third-order valence-electron chi connectivity index (χ3n) is 5.35. The van der Waals surface area contributed by atoms with Crippen LogP contribution >= 0.6 is 11.3 Å². The summed E-state index contributed by atoms with van der Waals surface area (Å²) in [5.74, 6) is 0.146. The molecule has 1 amide bonds. The summed E-state index contributed by atoms with van der Waals surface area (Å²) >= 11 is 1.71. The number of pyridine rings is 1. The molecule has 2 aromatic heterocycles. The third-order valence-corrected chi connectivity index (χ3v) is 6.39. The van der Waals surface area contributed by atoms with Crippen LogP contribution < -0.4 is 5.32 Å². The van der Waals surface area contributed by atoms with Crippen molar-refractivity contribution in [2.24, 2.45) is 5.41 Å². The first kappa shape index (κ1) is 17.2. The van der Waals surface area contributed by atoms with Gasteiger partial charge in [0.25, 0.3) is 0 Å². The molecule has 1 saturated carbocycles. The lowest BCUT2D eigenvalue weighted by Gasteiger charge is -2.28. The average Bonchev–Trinajstić information content (AvgIpc) is 3.29. The Bertz CT molecular complexity index is 867. The van der Waals surface area contributed by atoms with Crippen molar-refractivity contribution >= 4 is 27.5 Å². The fourth-order valence-electron chi connectivity index (χ4n) is 3.88. The quantitative estimate of drug-likeness (QED) is 0.715. The molecule has 1 aliphatic carbocycles. The molecule has 1 atom stereocenters. The molecule has 1 aliphatic rings. The standard InChI is InChI=1S/C21H23N3OS/c1-15(16-8-4-7-13-22-16)23-20(25)21(11-5-6-12-21)14-19-24-17-9-2-3-10-18(17)26-19/h2-4,7-10,13,15H,5-6,11-12,14H2,1H3,(H,23,25). The van der Waals surface area contributed by atoms with Crippen LogP contribution in [0.3, 0.4) is 0 Å². The average molecular weight is 366 g/mol. The van der Waals surface area contributed by atoms with E-state index in [1.807, 2.05) is 43.3 Å². The minimum Gasteiger partial charge on any atom is -0.348 e. The number of carbonyl (C=O) groups excluding carboxylic acids is 1. The van der Waals surface area contributed by atoms with Gasteiger partial charge in [0.1, 0.15) is 0 Å². The zero-order valence-corrected chi connectivity index (χ0v) is 15.8. The van der Waals surface area contributed by atoms with E-state index < -0.39 is 0 Å². The number of nitrogens with zero attached hydrogens (tertiary/aromatic N) is 2. The maximum absolute atomic E-state index is 13.2. The molecular weight excluding hydrogens is 342 g/mol. The zero-order chi connectivity index (χ0) is 18.0. The molecule has 5 heteroatoms. The van der Waals surface area contributed by atoms with Crippen molar-refractivity contribution in [2.45, 2.75) is 45.1 Å². The first-order valence-corrected chi connectivity index (χ1v) is 10.0. The van der Waals surface area contributed by atoms with E-state index in [1.165, 1.54) is 4.70 Å². The van der Waals surface area contributed by atoms with Gasteiger partial charge in [-0.05, 0) is 44.0 Å². The Morgan fingerprint density at radius 2 is 1.96 bits per heavy atom. The second-order valence-corrected chi connectivity index (χ2v) is 8.30. The molecule has 1 N–H and O–H groups in total. The van der Waals surface area contributed by atoms with Crippen LogP contribution in [0.2, 0.25) is 0 Å². The van der Waals surface area contributed by atoms with Gasteiger partial charge < -0.3 is 5.32 Å². The second kappa shape index (κ2) is 7.16. The maximum atomic E-state index is 13.2. The first-order chi connectivity index (χ1) is 12.7. The van der Waals surface area contributed by atoms with Crippen molar-refractivity contribution in [3.05, 3.63) is 59.4 Å². The number of para-hydroxylation sites is 1. The van der Waals surface area contributed by atoms with Crippen molar-refractivity contribution in [1.29, 1.82) is 0 Å². The predicted octanol–water partition coefficient (Wildman–Crippen LogP) is 4.67. The third kappa shape index (κ3) is 3.36. The van der Waals surface area contributed by atoms with Crippen molar-refractivity contribution < 1.29 is 4.79 Å². The van der Waals surface area contributed by atoms with Crippen LogP contribution in [-0.4, -0.2) is 15.9 Å². The minimum atomic E-state index is -0.336. The summed E-state index contributed by atoms with van der Waals surface area (Å²) < 4.78 is 1.19. The van der Waals surface area contributed by atoms with Gasteiger partial charge >= 0.3 is 0 Å². The van der Waals surface area contributed by atoms with Gasteiger partial charge in [0.2, 0.25) is 5.91 Å². The fraction of sp³-hybridized carbons (Fsp3) is 0.381. The number of thiazole rings is 1. The Morgan fingerprint density at radius 1 is 1.19 bits per heavy atom. The molecule has 0 bridgehead atoms. The molecular formula is C21H23N3OS. The molecule has 1 unspecified atom stereocenters. The van der Waals surface area contributed by atoms with Crippen LogP contribution in [0, 0.1) is 5.41 Å². The van der Waals surface area contributed by atoms with Gasteiger partial charge in [0.05, 0.1) is 32.4 Å². The van der Waals surface area contributed by atoms with E-state index in [9.17, 15) is 4.79 Å². The number of carbonyl (C=O) groups is 1. The van der Waals surface area contributed by atoms with Crippen molar-refractivity contribution in [3.63, 3.8) is 0 Å². The van der Waals surface area contributed by atoms with Crippen LogP contribution in [0.25, 0.3) is 10.2 Å². The molecule has 0 aliphatic heterocycles. The van der Waals surface area contributed by atoms with Gasteiger partial charge in [0, 0.05) is 12.6 Å². The summed E-state index contributed by atoms with van der Waals surface area (Å²) in [6, 6.07) is 13.9. The number of aromatic nitrogens is 2. The zero-order valence-electron chi connectivity index (χ0n) is 14.9. The van der Waals surface area contributed by atoms with Crippen molar-refractivity contribution in [2.75, 3.05) is 0 Å². The summed E-state index contributed by atoms with van der Waals surface area (Å²) in [5, 5.41) is 4.27.